The number of fused-ring (bicyclic) bond motifs is 9. The van der Waals surface area contributed by atoms with Crippen molar-refractivity contribution in [3.05, 3.63) is 52.1 Å². The van der Waals surface area contributed by atoms with Crippen LogP contribution in [0.4, 0.5) is 4.53 Å². The molecule has 4 aliphatic heterocycles. The first-order valence-corrected chi connectivity index (χ1v) is 13.1. The molecule has 0 spiro atoms. The van der Waals surface area contributed by atoms with Gasteiger partial charge in [-0.1, -0.05) is 18.7 Å². The Bertz CT molecular complexity index is 1280. The number of likely N-dealkylation sites (N-methyl/N-ethyl adjacent to an activating group) is 1. The van der Waals surface area contributed by atoms with Crippen molar-refractivity contribution in [2.75, 3.05) is 47.8 Å². The van der Waals surface area contributed by atoms with Gasteiger partial charge in [0.25, 0.3) is 0 Å². The average molecular weight is 527 g/mol. The largest absolute Gasteiger partial charge is 0.492 e. The zero-order valence-corrected chi connectivity index (χ0v) is 22.6. The molecule has 4 atom stereocenters. The van der Waals surface area contributed by atoms with Crippen LogP contribution in [0.1, 0.15) is 45.5 Å². The molecular weight excluding hydrogens is 491 g/mol. The van der Waals surface area contributed by atoms with Crippen LogP contribution in [-0.2, 0) is 17.6 Å². The molecule has 1 fully saturated rings. The van der Waals surface area contributed by atoms with Gasteiger partial charge >= 0.3 is 0 Å². The summed E-state index contributed by atoms with van der Waals surface area (Å²) in [7, 11) is 5.41. The summed E-state index contributed by atoms with van der Waals surface area (Å²) in [4.78, 5) is 9.45. The summed E-state index contributed by atoms with van der Waals surface area (Å²) in [6, 6.07) is 2.18. The van der Waals surface area contributed by atoms with E-state index in [4.69, 9.17) is 23.7 Å². The zero-order valence-electron chi connectivity index (χ0n) is 22.6. The van der Waals surface area contributed by atoms with E-state index in [9.17, 15) is 4.53 Å². The van der Waals surface area contributed by atoms with Gasteiger partial charge in [0, 0.05) is 52.5 Å². The van der Waals surface area contributed by atoms with Crippen LogP contribution >= 0.6 is 0 Å². The highest BCUT2D eigenvalue weighted by molar-refractivity contribution is 5.66. The Morgan fingerprint density at radius 1 is 1.11 bits per heavy atom. The van der Waals surface area contributed by atoms with E-state index in [-0.39, 0.29) is 36.7 Å². The minimum absolute atomic E-state index is 0.00937. The maximum atomic E-state index is 14.3. The molecule has 0 saturated carbocycles. The minimum Gasteiger partial charge on any atom is -0.492 e. The van der Waals surface area contributed by atoms with E-state index in [1.807, 2.05) is 13.8 Å². The molecule has 0 aliphatic carbocycles. The predicted octanol–water partition coefficient (Wildman–Crippen LogP) is 4.39. The van der Waals surface area contributed by atoms with Gasteiger partial charge in [-0.2, -0.15) is 0 Å². The number of ether oxygens (including phenoxy) is 5. The van der Waals surface area contributed by atoms with Gasteiger partial charge in [0.1, 0.15) is 12.4 Å². The molecule has 0 aromatic heterocycles. The first-order chi connectivity index (χ1) is 18.4. The molecule has 4 aliphatic rings. The fourth-order valence-corrected chi connectivity index (χ4v) is 7.26. The van der Waals surface area contributed by atoms with Crippen molar-refractivity contribution in [3.63, 3.8) is 0 Å². The summed E-state index contributed by atoms with van der Waals surface area (Å²) in [6.45, 7) is 9.65. The molecule has 6 rings (SSSR count). The highest BCUT2D eigenvalue weighted by atomic mass is 19.3. The molecule has 38 heavy (non-hydrogen) atoms. The van der Waals surface area contributed by atoms with E-state index in [1.165, 1.54) is 0 Å². The standard InChI is InChI=1S/C29H35FN2O6/c1-7-8-35-26-16(3)27-28(37-14-36-27)23-19(26)11-20-24-22-17(9-15(2)25(34-6)29(22)38-30)10-18(31(24)4)12-32(20)21(23)13-33-5/h7,9,18,20-21,24H,1,8,10-14H2,2-6H3. The SMILES string of the molecule is C=CCOc1c(C)c2c(c3c1CC1C4c5c(cc(C)c(OC)c5OF)CC(CN1C3COC)N4C)OCO2. The van der Waals surface area contributed by atoms with Crippen LogP contribution in [0.2, 0.25) is 0 Å². The molecule has 1 saturated heterocycles. The Morgan fingerprint density at radius 2 is 1.89 bits per heavy atom. The van der Waals surface area contributed by atoms with Crippen molar-refractivity contribution in [1.82, 2.24) is 9.80 Å². The topological polar surface area (TPSA) is 61.9 Å². The van der Waals surface area contributed by atoms with Gasteiger partial charge in [-0.05, 0) is 44.9 Å². The Hall–Kier alpha value is -3.01. The lowest BCUT2D eigenvalue weighted by Gasteiger charge is -2.58. The number of nitrogens with zero attached hydrogens (tertiary/aromatic N) is 2. The van der Waals surface area contributed by atoms with Crippen molar-refractivity contribution < 1.29 is 33.2 Å². The van der Waals surface area contributed by atoms with Gasteiger partial charge in [0.2, 0.25) is 12.5 Å². The van der Waals surface area contributed by atoms with Crippen molar-refractivity contribution in [1.29, 1.82) is 0 Å². The first-order valence-electron chi connectivity index (χ1n) is 13.1. The predicted molar refractivity (Wildman–Crippen MR) is 139 cm³/mol. The highest BCUT2D eigenvalue weighted by Gasteiger charge is 2.52. The van der Waals surface area contributed by atoms with Crippen LogP contribution in [0.25, 0.3) is 0 Å². The third-order valence-electron chi connectivity index (χ3n) is 8.76. The first kappa shape index (κ1) is 25.3. The summed E-state index contributed by atoms with van der Waals surface area (Å²) < 4.78 is 43.9. The molecule has 0 N–H and O–H groups in total. The normalized spacial score (nSPS) is 25.3. The van der Waals surface area contributed by atoms with Crippen molar-refractivity contribution in [2.45, 2.75) is 50.9 Å². The van der Waals surface area contributed by atoms with Gasteiger partial charge in [-0.3, -0.25) is 14.7 Å². The van der Waals surface area contributed by atoms with Gasteiger partial charge < -0.3 is 23.7 Å². The molecule has 204 valence electrons. The van der Waals surface area contributed by atoms with Crippen LogP contribution in [0.5, 0.6) is 28.7 Å². The van der Waals surface area contributed by atoms with Gasteiger partial charge in [0.05, 0.1) is 25.8 Å². The third kappa shape index (κ3) is 3.52. The van der Waals surface area contributed by atoms with Crippen LogP contribution in [0, 0.1) is 13.8 Å². The van der Waals surface area contributed by atoms with Gasteiger partial charge in [0.15, 0.2) is 17.2 Å². The summed E-state index contributed by atoms with van der Waals surface area (Å²) in [5.74, 6) is 2.93. The minimum atomic E-state index is -0.122. The molecule has 0 amide bonds. The molecule has 2 aromatic rings. The second-order valence-electron chi connectivity index (χ2n) is 10.6. The summed E-state index contributed by atoms with van der Waals surface area (Å²) in [5.41, 5.74) is 5.90. The Balaban J connectivity index is 1.57. The second kappa shape index (κ2) is 9.63. The highest BCUT2D eigenvalue weighted by Crippen LogP contribution is 2.57. The lowest BCUT2D eigenvalue weighted by molar-refractivity contribution is -0.0679. The Kier molecular flexibility index (Phi) is 6.40. The Labute approximate surface area is 222 Å². The van der Waals surface area contributed by atoms with Crippen molar-refractivity contribution in [3.8, 4) is 28.7 Å². The fraction of sp³-hybridized carbons (Fsp3) is 0.517. The molecule has 0 radical (unpaired) electrons. The molecule has 4 heterocycles. The van der Waals surface area contributed by atoms with E-state index in [1.54, 1.807) is 20.3 Å². The van der Waals surface area contributed by atoms with E-state index >= 15 is 0 Å². The number of hydrogen-bond acceptors (Lipinski definition) is 8. The molecule has 4 unspecified atom stereocenters. The maximum Gasteiger partial charge on any atom is 0.231 e. The number of aryl methyl sites for hydroxylation is 1. The lowest BCUT2D eigenvalue weighted by atomic mass is 9.74. The summed E-state index contributed by atoms with van der Waals surface area (Å²) in [6.07, 6.45) is 3.22. The zero-order chi connectivity index (χ0) is 26.7. The monoisotopic (exact) mass is 526 g/mol. The van der Waals surface area contributed by atoms with E-state index < -0.39 is 0 Å². The fourth-order valence-electron chi connectivity index (χ4n) is 7.26. The molecule has 2 aromatic carbocycles. The Morgan fingerprint density at radius 3 is 2.61 bits per heavy atom. The van der Waals surface area contributed by atoms with E-state index in [2.05, 4.69) is 34.4 Å². The van der Waals surface area contributed by atoms with Gasteiger partial charge in [-0.15, -0.1) is 0 Å². The third-order valence-corrected chi connectivity index (χ3v) is 8.76. The molecular formula is C29H35FN2O6. The van der Waals surface area contributed by atoms with Crippen LogP contribution in [-0.4, -0.2) is 69.7 Å². The van der Waals surface area contributed by atoms with E-state index in [0.717, 1.165) is 63.6 Å². The molecule has 8 nitrogen and oxygen atoms in total. The number of halogens is 1. The van der Waals surface area contributed by atoms with Crippen LogP contribution < -0.4 is 23.9 Å². The molecule has 2 bridgehead atoms. The maximum absolute atomic E-state index is 14.3. The summed E-state index contributed by atoms with van der Waals surface area (Å²) in [5, 5.41) is 0. The van der Waals surface area contributed by atoms with Crippen molar-refractivity contribution in [2.24, 2.45) is 0 Å². The number of benzene rings is 2. The number of hydrogen-bond donors (Lipinski definition) is 0. The van der Waals surface area contributed by atoms with Crippen molar-refractivity contribution >= 4 is 0 Å². The van der Waals surface area contributed by atoms with Gasteiger partial charge in [-0.25, -0.2) is 0 Å². The number of rotatable bonds is 7. The average Bonchev–Trinajstić information content (AvgIpc) is 3.39. The second-order valence-corrected chi connectivity index (χ2v) is 10.6. The summed E-state index contributed by atoms with van der Waals surface area (Å²) >= 11 is 0. The quantitative estimate of drug-likeness (QED) is 0.493. The van der Waals surface area contributed by atoms with Crippen LogP contribution in [0.15, 0.2) is 18.7 Å². The lowest BCUT2D eigenvalue weighted by Crippen LogP contribution is -2.64. The number of piperazine rings is 1. The van der Waals surface area contributed by atoms with Crippen LogP contribution in [0.3, 0.4) is 0 Å². The van der Waals surface area contributed by atoms with E-state index in [0.29, 0.717) is 25.4 Å². The number of methoxy groups -OCH3 is 2. The smallest absolute Gasteiger partial charge is 0.231 e. The molecule has 9 heteroatoms.